The van der Waals surface area contributed by atoms with E-state index in [9.17, 15) is 4.79 Å². The Morgan fingerprint density at radius 2 is 2.00 bits per heavy atom. The predicted molar refractivity (Wildman–Crippen MR) is 72.0 cm³/mol. The van der Waals surface area contributed by atoms with Crippen LogP contribution in [-0.2, 0) is 4.79 Å². The Hall–Kier alpha value is -1.26. The molecule has 1 atom stereocenters. The molecule has 1 rings (SSSR count). The summed E-state index contributed by atoms with van der Waals surface area (Å²) in [6.45, 7) is 5.73. The number of ether oxygens (including phenoxy) is 1. The highest BCUT2D eigenvalue weighted by molar-refractivity contribution is 6.30. The van der Waals surface area contributed by atoms with Gasteiger partial charge in [-0.2, -0.15) is 0 Å². The van der Waals surface area contributed by atoms with Crippen molar-refractivity contribution in [1.29, 1.82) is 0 Å². The monoisotopic (exact) mass is 271 g/mol. The van der Waals surface area contributed by atoms with Gasteiger partial charge in [0.2, 0.25) is 0 Å². The molecule has 0 bridgehead atoms. The first-order valence-corrected chi connectivity index (χ1v) is 6.38. The summed E-state index contributed by atoms with van der Waals surface area (Å²) in [5.41, 5.74) is 5.22. The lowest BCUT2D eigenvalue weighted by Gasteiger charge is -2.21. The van der Waals surface area contributed by atoms with E-state index >= 15 is 0 Å². The van der Waals surface area contributed by atoms with Crippen LogP contribution in [0.3, 0.4) is 0 Å². The molecule has 0 aromatic heterocycles. The minimum Gasteiger partial charge on any atom is -0.488 e. The number of nitrogens with two attached hydrogens (primary N) is 1. The summed E-state index contributed by atoms with van der Waals surface area (Å²) in [5.74, 6) is 0.492. The van der Waals surface area contributed by atoms with E-state index in [0.29, 0.717) is 24.2 Å². The van der Waals surface area contributed by atoms with Crippen LogP contribution in [-0.4, -0.2) is 31.6 Å². The molecular formula is C13H20ClN2O2+. The van der Waals surface area contributed by atoms with Gasteiger partial charge in [-0.05, 0) is 38.1 Å². The zero-order valence-electron chi connectivity index (χ0n) is 10.8. The van der Waals surface area contributed by atoms with Crippen LogP contribution in [0.2, 0.25) is 5.02 Å². The van der Waals surface area contributed by atoms with Crippen molar-refractivity contribution in [1.82, 2.24) is 0 Å². The average Bonchev–Trinajstić information content (AvgIpc) is 2.29. The molecule has 100 valence electrons. The van der Waals surface area contributed by atoms with Gasteiger partial charge in [-0.15, -0.1) is 0 Å². The summed E-state index contributed by atoms with van der Waals surface area (Å²) in [6, 6.07) is 7.56. The van der Waals surface area contributed by atoms with Crippen LogP contribution >= 0.6 is 11.6 Å². The Labute approximate surface area is 113 Å². The molecule has 1 aromatic carbocycles. The molecule has 5 heteroatoms. The van der Waals surface area contributed by atoms with Crippen molar-refractivity contribution in [2.45, 2.75) is 19.9 Å². The third kappa shape index (κ3) is 5.38. The summed E-state index contributed by atoms with van der Waals surface area (Å²) in [6.07, 6.45) is 0. The fourth-order valence-corrected chi connectivity index (χ4v) is 1.76. The predicted octanol–water partition coefficient (Wildman–Crippen LogP) is 0.497. The molecular weight excluding hydrogens is 252 g/mol. The Morgan fingerprint density at radius 1 is 1.39 bits per heavy atom. The lowest BCUT2D eigenvalue weighted by Crippen LogP contribution is -3.16. The maximum atomic E-state index is 10.9. The van der Waals surface area contributed by atoms with Crippen molar-refractivity contribution in [3.63, 3.8) is 0 Å². The van der Waals surface area contributed by atoms with E-state index in [0.717, 1.165) is 17.2 Å². The van der Waals surface area contributed by atoms with Crippen LogP contribution < -0.4 is 15.4 Å². The number of carbonyl (C=O) groups is 1. The molecule has 0 heterocycles. The van der Waals surface area contributed by atoms with Crippen LogP contribution in [0, 0.1) is 0 Å². The fourth-order valence-electron chi connectivity index (χ4n) is 1.64. The Kier molecular flexibility index (Phi) is 5.95. The third-order valence-electron chi connectivity index (χ3n) is 2.72. The normalized spacial score (nSPS) is 12.4. The van der Waals surface area contributed by atoms with Gasteiger partial charge in [0, 0.05) is 5.02 Å². The maximum Gasteiger partial charge on any atom is 0.272 e. The van der Waals surface area contributed by atoms with E-state index in [1.165, 1.54) is 0 Å². The van der Waals surface area contributed by atoms with E-state index in [1.54, 1.807) is 12.1 Å². The van der Waals surface area contributed by atoms with Gasteiger partial charge in [0.1, 0.15) is 18.9 Å². The molecule has 3 N–H and O–H groups in total. The molecule has 0 fully saturated rings. The van der Waals surface area contributed by atoms with Crippen LogP contribution in [0.1, 0.15) is 13.8 Å². The summed E-state index contributed by atoms with van der Waals surface area (Å²) in [5, 5.41) is 0.686. The Bertz CT molecular complexity index is 379. The van der Waals surface area contributed by atoms with Gasteiger partial charge in [-0.25, -0.2) is 0 Å². The van der Waals surface area contributed by atoms with Crippen molar-refractivity contribution in [3.05, 3.63) is 29.3 Å². The second-order valence-corrected chi connectivity index (χ2v) is 4.94. The van der Waals surface area contributed by atoms with E-state index in [2.05, 4.69) is 13.8 Å². The highest BCUT2D eigenvalue weighted by Gasteiger charge is 2.15. The van der Waals surface area contributed by atoms with E-state index in [4.69, 9.17) is 22.1 Å². The molecule has 1 unspecified atom stereocenters. The van der Waals surface area contributed by atoms with Crippen molar-refractivity contribution in [3.8, 4) is 5.75 Å². The minimum atomic E-state index is -0.287. The first-order chi connectivity index (χ1) is 8.49. The van der Waals surface area contributed by atoms with Gasteiger partial charge in [0.05, 0.1) is 6.04 Å². The summed E-state index contributed by atoms with van der Waals surface area (Å²) in [7, 11) is 0. The molecule has 0 spiro atoms. The molecule has 1 amide bonds. The summed E-state index contributed by atoms with van der Waals surface area (Å²) < 4.78 is 5.59. The molecule has 0 saturated carbocycles. The SMILES string of the molecule is CC(C)[NH+](CCOc1ccc(Cl)cc1)CC(N)=O. The Balaban J connectivity index is 2.38. The van der Waals surface area contributed by atoms with Crippen molar-refractivity contribution >= 4 is 17.5 Å². The van der Waals surface area contributed by atoms with Gasteiger partial charge in [0.15, 0.2) is 6.54 Å². The first-order valence-electron chi connectivity index (χ1n) is 6.00. The molecule has 4 nitrogen and oxygen atoms in total. The number of halogens is 1. The number of nitrogens with one attached hydrogen (secondary N) is 1. The molecule has 1 aromatic rings. The van der Waals surface area contributed by atoms with Crippen molar-refractivity contribution in [2.75, 3.05) is 19.7 Å². The number of amides is 1. The molecule has 0 aliphatic heterocycles. The number of hydrogen-bond acceptors (Lipinski definition) is 2. The number of rotatable bonds is 7. The molecule has 0 aliphatic rings. The summed E-state index contributed by atoms with van der Waals surface area (Å²) >= 11 is 5.78. The summed E-state index contributed by atoms with van der Waals surface area (Å²) in [4.78, 5) is 12.1. The van der Waals surface area contributed by atoms with Crippen LogP contribution in [0.15, 0.2) is 24.3 Å². The third-order valence-corrected chi connectivity index (χ3v) is 2.98. The van der Waals surface area contributed by atoms with Gasteiger partial charge in [0.25, 0.3) is 5.91 Å². The van der Waals surface area contributed by atoms with Crippen LogP contribution in [0.5, 0.6) is 5.75 Å². The van der Waals surface area contributed by atoms with Gasteiger partial charge in [-0.1, -0.05) is 11.6 Å². The first kappa shape index (κ1) is 14.8. The number of primary amides is 1. The number of benzene rings is 1. The average molecular weight is 272 g/mol. The van der Waals surface area contributed by atoms with Gasteiger partial charge >= 0.3 is 0 Å². The fraction of sp³-hybridized carbons (Fsp3) is 0.462. The molecule has 18 heavy (non-hydrogen) atoms. The van der Waals surface area contributed by atoms with Crippen molar-refractivity contribution < 1.29 is 14.4 Å². The minimum absolute atomic E-state index is 0.287. The number of quaternary nitrogens is 1. The van der Waals surface area contributed by atoms with Crippen LogP contribution in [0.25, 0.3) is 0 Å². The van der Waals surface area contributed by atoms with E-state index in [1.807, 2.05) is 12.1 Å². The standard InChI is InChI=1S/C13H19ClN2O2/c1-10(2)16(9-13(15)17)7-8-18-12-5-3-11(14)4-6-12/h3-6,10H,7-9H2,1-2H3,(H2,15,17)/p+1. The second kappa shape index (κ2) is 7.24. The molecule has 0 aliphatic carbocycles. The topological polar surface area (TPSA) is 56.8 Å². The van der Waals surface area contributed by atoms with Crippen molar-refractivity contribution in [2.24, 2.45) is 5.73 Å². The van der Waals surface area contributed by atoms with E-state index in [-0.39, 0.29) is 5.91 Å². The quantitative estimate of drug-likeness (QED) is 0.759. The van der Waals surface area contributed by atoms with E-state index < -0.39 is 0 Å². The highest BCUT2D eigenvalue weighted by atomic mass is 35.5. The lowest BCUT2D eigenvalue weighted by molar-refractivity contribution is -0.913. The zero-order valence-corrected chi connectivity index (χ0v) is 11.5. The highest BCUT2D eigenvalue weighted by Crippen LogP contribution is 2.14. The number of carbonyl (C=O) groups excluding carboxylic acids is 1. The smallest absolute Gasteiger partial charge is 0.272 e. The van der Waals surface area contributed by atoms with Gasteiger partial charge < -0.3 is 15.4 Å². The lowest BCUT2D eigenvalue weighted by atomic mass is 10.3. The molecule has 0 saturated heterocycles. The zero-order chi connectivity index (χ0) is 13.5. The van der Waals surface area contributed by atoms with Gasteiger partial charge in [-0.3, -0.25) is 4.79 Å². The largest absolute Gasteiger partial charge is 0.488 e. The maximum absolute atomic E-state index is 10.9. The molecule has 0 radical (unpaired) electrons. The Morgan fingerprint density at radius 3 is 2.50 bits per heavy atom. The second-order valence-electron chi connectivity index (χ2n) is 4.51. The van der Waals surface area contributed by atoms with Crippen LogP contribution in [0.4, 0.5) is 0 Å². The number of hydrogen-bond donors (Lipinski definition) is 2.